The molecular weight excluding hydrogens is 499 g/mol. The third-order valence-electron chi connectivity index (χ3n) is 4.92. The number of nitro groups is 1. The van der Waals surface area contributed by atoms with Crippen molar-refractivity contribution < 1.29 is 19.2 Å². The highest BCUT2D eigenvalue weighted by Crippen LogP contribution is 2.35. The molecule has 1 aliphatic rings. The fraction of sp³-hybridized carbons (Fsp3) is 0.0833. The van der Waals surface area contributed by atoms with Crippen LogP contribution in [0.2, 0.25) is 10.0 Å². The summed E-state index contributed by atoms with van der Waals surface area (Å²) in [5.74, 6) is 0.0487. The second kappa shape index (κ2) is 10.3. The standard InChI is InChI=1S/C24H16Cl2N2O5S/c25-18-6-1-16(2-7-18)14-33-21-10-5-17(11-20(21)26)12-22-23(29)27(24(30)34-22)13-15-3-8-19(9-4-15)28(31)32/h1-12H,13-14H2/b22-12-. The predicted molar refractivity (Wildman–Crippen MR) is 132 cm³/mol. The Morgan fingerprint density at radius 1 is 0.971 bits per heavy atom. The SMILES string of the molecule is O=C1S/C(=C\c2ccc(OCc3ccc(Cl)cc3)c(Cl)c2)C(=O)N1Cc1ccc([N+](=O)[O-])cc1. The molecule has 0 radical (unpaired) electrons. The predicted octanol–water partition coefficient (Wildman–Crippen LogP) is 6.72. The van der Waals surface area contributed by atoms with Crippen LogP contribution in [0.15, 0.2) is 71.6 Å². The first kappa shape index (κ1) is 23.8. The molecule has 0 spiro atoms. The van der Waals surface area contributed by atoms with Crippen LogP contribution in [0.4, 0.5) is 10.5 Å². The van der Waals surface area contributed by atoms with Crippen molar-refractivity contribution in [3.8, 4) is 5.75 Å². The van der Waals surface area contributed by atoms with Gasteiger partial charge in [0.1, 0.15) is 12.4 Å². The van der Waals surface area contributed by atoms with Gasteiger partial charge in [0.15, 0.2) is 0 Å². The molecule has 0 N–H and O–H groups in total. The van der Waals surface area contributed by atoms with E-state index in [1.165, 1.54) is 24.3 Å². The van der Waals surface area contributed by atoms with E-state index >= 15 is 0 Å². The molecule has 0 unspecified atom stereocenters. The zero-order valence-electron chi connectivity index (χ0n) is 17.4. The van der Waals surface area contributed by atoms with E-state index in [9.17, 15) is 19.7 Å². The van der Waals surface area contributed by atoms with Crippen LogP contribution < -0.4 is 4.74 Å². The molecule has 34 heavy (non-hydrogen) atoms. The average molecular weight is 515 g/mol. The molecule has 0 aliphatic carbocycles. The van der Waals surface area contributed by atoms with Crippen molar-refractivity contribution in [3.05, 3.63) is 108 Å². The summed E-state index contributed by atoms with van der Waals surface area (Å²) in [5, 5.41) is 11.4. The van der Waals surface area contributed by atoms with Crippen molar-refractivity contribution in [2.75, 3.05) is 0 Å². The lowest BCUT2D eigenvalue weighted by atomic mass is 10.2. The molecule has 0 saturated carbocycles. The Morgan fingerprint density at radius 3 is 2.29 bits per heavy atom. The Kier molecular flexibility index (Phi) is 7.21. The second-order valence-electron chi connectivity index (χ2n) is 7.30. The third-order valence-corrected chi connectivity index (χ3v) is 6.38. The van der Waals surface area contributed by atoms with Crippen LogP contribution in [0.3, 0.4) is 0 Å². The van der Waals surface area contributed by atoms with Crippen LogP contribution in [0.1, 0.15) is 16.7 Å². The van der Waals surface area contributed by atoms with E-state index in [0.29, 0.717) is 33.5 Å². The van der Waals surface area contributed by atoms with Gasteiger partial charge in [0.2, 0.25) is 0 Å². The minimum Gasteiger partial charge on any atom is -0.487 e. The number of carbonyl (C=O) groups is 2. The van der Waals surface area contributed by atoms with Crippen molar-refractivity contribution in [1.29, 1.82) is 0 Å². The van der Waals surface area contributed by atoms with Crippen molar-refractivity contribution in [2.45, 2.75) is 13.2 Å². The molecular formula is C24H16Cl2N2O5S. The molecule has 2 amide bonds. The number of amides is 2. The molecule has 1 heterocycles. The number of nitro benzene ring substituents is 1. The lowest BCUT2D eigenvalue weighted by Crippen LogP contribution is -2.27. The summed E-state index contributed by atoms with van der Waals surface area (Å²) in [6, 6.07) is 18.1. The number of imide groups is 1. The van der Waals surface area contributed by atoms with Crippen LogP contribution in [0.25, 0.3) is 6.08 Å². The molecule has 1 fully saturated rings. The first-order valence-electron chi connectivity index (χ1n) is 9.95. The fourth-order valence-corrected chi connectivity index (χ4v) is 4.37. The number of hydrogen-bond donors (Lipinski definition) is 0. The number of nitrogens with zero attached hydrogens (tertiary/aromatic N) is 2. The molecule has 0 bridgehead atoms. The van der Waals surface area contributed by atoms with Gasteiger partial charge in [-0.15, -0.1) is 0 Å². The lowest BCUT2D eigenvalue weighted by Gasteiger charge is -2.12. The first-order chi connectivity index (χ1) is 16.3. The van der Waals surface area contributed by atoms with Gasteiger partial charge in [0.25, 0.3) is 16.8 Å². The number of benzene rings is 3. The van der Waals surface area contributed by atoms with E-state index in [1.54, 1.807) is 36.4 Å². The van der Waals surface area contributed by atoms with Crippen molar-refractivity contribution >= 4 is 57.9 Å². The Balaban J connectivity index is 1.43. The monoisotopic (exact) mass is 514 g/mol. The van der Waals surface area contributed by atoms with E-state index in [2.05, 4.69) is 0 Å². The van der Waals surface area contributed by atoms with Crippen molar-refractivity contribution in [3.63, 3.8) is 0 Å². The molecule has 7 nitrogen and oxygen atoms in total. The number of hydrogen-bond acceptors (Lipinski definition) is 6. The molecule has 10 heteroatoms. The van der Waals surface area contributed by atoms with Crippen molar-refractivity contribution in [2.24, 2.45) is 0 Å². The quantitative estimate of drug-likeness (QED) is 0.197. The molecule has 172 valence electrons. The number of non-ortho nitro benzene ring substituents is 1. The van der Waals surface area contributed by atoms with Gasteiger partial charge in [0, 0.05) is 17.2 Å². The number of thioether (sulfide) groups is 1. The maximum atomic E-state index is 12.8. The fourth-order valence-electron chi connectivity index (χ4n) is 3.16. The molecule has 0 aromatic heterocycles. The van der Waals surface area contributed by atoms with E-state index in [-0.39, 0.29) is 17.1 Å². The second-order valence-corrected chi connectivity index (χ2v) is 9.13. The van der Waals surface area contributed by atoms with Gasteiger partial charge in [-0.2, -0.15) is 0 Å². The van der Waals surface area contributed by atoms with Crippen LogP contribution in [-0.2, 0) is 17.9 Å². The molecule has 1 saturated heterocycles. The van der Waals surface area contributed by atoms with Crippen LogP contribution in [0, 0.1) is 10.1 Å². The normalized spacial score (nSPS) is 14.6. The maximum absolute atomic E-state index is 12.8. The van der Waals surface area contributed by atoms with E-state index in [1.807, 2.05) is 12.1 Å². The van der Waals surface area contributed by atoms with Gasteiger partial charge in [-0.25, -0.2) is 0 Å². The molecule has 3 aromatic carbocycles. The molecule has 1 aliphatic heterocycles. The van der Waals surface area contributed by atoms with Crippen LogP contribution in [-0.4, -0.2) is 21.0 Å². The summed E-state index contributed by atoms with van der Waals surface area (Å²) in [6.45, 7) is 0.343. The zero-order chi connectivity index (χ0) is 24.2. The highest BCUT2D eigenvalue weighted by atomic mass is 35.5. The first-order valence-corrected chi connectivity index (χ1v) is 11.5. The summed E-state index contributed by atoms with van der Waals surface area (Å²) >= 11 is 13.1. The number of ether oxygens (including phenoxy) is 1. The van der Waals surface area contributed by atoms with Gasteiger partial charge in [-0.05, 0) is 58.8 Å². The largest absolute Gasteiger partial charge is 0.487 e. The van der Waals surface area contributed by atoms with Gasteiger partial charge in [0.05, 0.1) is 21.4 Å². The Labute approximate surface area is 209 Å². The lowest BCUT2D eigenvalue weighted by molar-refractivity contribution is -0.384. The van der Waals surface area contributed by atoms with Crippen LogP contribution in [0.5, 0.6) is 5.75 Å². The van der Waals surface area contributed by atoms with E-state index in [0.717, 1.165) is 22.2 Å². The summed E-state index contributed by atoms with van der Waals surface area (Å²) in [7, 11) is 0. The van der Waals surface area contributed by atoms with Crippen LogP contribution >= 0.6 is 35.0 Å². The Bertz CT molecular complexity index is 1290. The average Bonchev–Trinajstić information content (AvgIpc) is 3.07. The number of halogens is 2. The topological polar surface area (TPSA) is 89.8 Å². The zero-order valence-corrected chi connectivity index (χ0v) is 19.8. The number of carbonyl (C=O) groups excluding carboxylic acids is 2. The number of rotatable bonds is 7. The van der Waals surface area contributed by atoms with Gasteiger partial charge in [-0.3, -0.25) is 24.6 Å². The van der Waals surface area contributed by atoms with Crippen molar-refractivity contribution in [1.82, 2.24) is 4.90 Å². The Morgan fingerprint density at radius 2 is 1.65 bits per heavy atom. The van der Waals surface area contributed by atoms with Gasteiger partial charge >= 0.3 is 0 Å². The molecule has 3 aromatic rings. The minimum absolute atomic E-state index is 0.0260. The summed E-state index contributed by atoms with van der Waals surface area (Å²) < 4.78 is 5.76. The highest BCUT2D eigenvalue weighted by Gasteiger charge is 2.35. The highest BCUT2D eigenvalue weighted by molar-refractivity contribution is 8.18. The Hall–Kier alpha value is -3.33. The maximum Gasteiger partial charge on any atom is 0.293 e. The van der Waals surface area contributed by atoms with Gasteiger partial charge < -0.3 is 4.74 Å². The summed E-state index contributed by atoms with van der Waals surface area (Å²) in [6.07, 6.45) is 1.59. The van der Waals surface area contributed by atoms with E-state index in [4.69, 9.17) is 27.9 Å². The third kappa shape index (κ3) is 5.59. The summed E-state index contributed by atoms with van der Waals surface area (Å²) in [5.41, 5.74) is 2.13. The minimum atomic E-state index is -0.508. The molecule has 0 atom stereocenters. The smallest absolute Gasteiger partial charge is 0.293 e. The molecule has 4 rings (SSSR count). The van der Waals surface area contributed by atoms with E-state index < -0.39 is 16.1 Å². The van der Waals surface area contributed by atoms with Gasteiger partial charge in [-0.1, -0.05) is 53.5 Å². The summed E-state index contributed by atoms with van der Waals surface area (Å²) in [4.78, 5) is 36.8.